The number of carbonyl (C=O) groups excluding carboxylic acids is 1. The van der Waals surface area contributed by atoms with Crippen molar-refractivity contribution in [2.75, 3.05) is 33.2 Å². The highest BCUT2D eigenvalue weighted by Gasteiger charge is 2.34. The van der Waals surface area contributed by atoms with Crippen LogP contribution in [0, 0.1) is 11.8 Å². The van der Waals surface area contributed by atoms with E-state index >= 15 is 0 Å². The van der Waals surface area contributed by atoms with Crippen LogP contribution in [0.25, 0.3) is 0 Å². The summed E-state index contributed by atoms with van der Waals surface area (Å²) in [5, 5.41) is 3.24. The summed E-state index contributed by atoms with van der Waals surface area (Å²) in [6, 6.07) is 5.81. The minimum absolute atomic E-state index is 0.0895. The van der Waals surface area contributed by atoms with E-state index in [1.165, 1.54) is 11.1 Å². The quantitative estimate of drug-likeness (QED) is 0.811. The van der Waals surface area contributed by atoms with E-state index in [0.717, 1.165) is 38.8 Å². The van der Waals surface area contributed by atoms with E-state index in [9.17, 15) is 13.2 Å². The number of amides is 1. The zero-order valence-electron chi connectivity index (χ0n) is 17.6. The molecule has 2 aliphatic heterocycles. The van der Waals surface area contributed by atoms with Crippen molar-refractivity contribution in [3.05, 3.63) is 29.3 Å². The second-order valence-corrected chi connectivity index (χ2v) is 11.0. The lowest BCUT2D eigenvalue weighted by Gasteiger charge is -2.37. The van der Waals surface area contributed by atoms with Gasteiger partial charge in [0.15, 0.2) is 0 Å². The molecule has 0 unspecified atom stereocenters. The molecule has 160 valence electrons. The van der Waals surface area contributed by atoms with Gasteiger partial charge >= 0.3 is 0 Å². The first-order valence-corrected chi connectivity index (χ1v) is 12.4. The standard InChI is InChI=1S/C22H33N3O3S/c1-16-15-24(2)11-10-21(16)23-22(26)18-8-12-25(13-9-18)29(27,28)20-7-6-17-4-3-5-19(17)14-20/h6-7,14,16,18,21H,3-5,8-13,15H2,1-2H3,(H,23,26)/t16-,21+/m0/s1. The number of nitrogens with zero attached hydrogens (tertiary/aromatic N) is 2. The molecule has 7 heteroatoms. The number of benzene rings is 1. The molecule has 6 nitrogen and oxygen atoms in total. The Bertz CT molecular complexity index is 862. The van der Waals surface area contributed by atoms with Gasteiger partial charge < -0.3 is 10.2 Å². The maximum Gasteiger partial charge on any atom is 0.243 e. The first-order valence-electron chi connectivity index (χ1n) is 11.0. The monoisotopic (exact) mass is 419 g/mol. The lowest BCUT2D eigenvalue weighted by Crippen LogP contribution is -2.51. The summed E-state index contributed by atoms with van der Waals surface area (Å²) in [6.07, 6.45) is 5.29. The van der Waals surface area contributed by atoms with Crippen LogP contribution in [0.1, 0.15) is 43.7 Å². The molecule has 1 aromatic carbocycles. The third-order valence-corrected chi connectivity index (χ3v) is 8.86. The predicted molar refractivity (Wildman–Crippen MR) is 113 cm³/mol. The molecule has 1 aromatic rings. The molecule has 2 saturated heterocycles. The van der Waals surface area contributed by atoms with Crippen molar-refractivity contribution in [1.82, 2.24) is 14.5 Å². The smallest absolute Gasteiger partial charge is 0.243 e. The highest BCUT2D eigenvalue weighted by atomic mass is 32.2. The lowest BCUT2D eigenvalue weighted by atomic mass is 9.92. The van der Waals surface area contributed by atoms with Gasteiger partial charge in [-0.05, 0) is 81.3 Å². The van der Waals surface area contributed by atoms with Crippen molar-refractivity contribution in [3.8, 4) is 0 Å². The van der Waals surface area contributed by atoms with E-state index in [0.29, 0.717) is 36.7 Å². The number of rotatable bonds is 4. The Hall–Kier alpha value is -1.44. The van der Waals surface area contributed by atoms with E-state index in [1.807, 2.05) is 12.1 Å². The summed E-state index contributed by atoms with van der Waals surface area (Å²) in [4.78, 5) is 15.5. The van der Waals surface area contributed by atoms with Gasteiger partial charge in [-0.15, -0.1) is 0 Å². The molecule has 2 fully saturated rings. The predicted octanol–water partition coefficient (Wildman–Crippen LogP) is 2.03. The van der Waals surface area contributed by atoms with Crippen molar-refractivity contribution in [1.29, 1.82) is 0 Å². The van der Waals surface area contributed by atoms with Gasteiger partial charge in [0.1, 0.15) is 0 Å². The van der Waals surface area contributed by atoms with Gasteiger partial charge in [-0.3, -0.25) is 4.79 Å². The first kappa shape index (κ1) is 20.8. The van der Waals surface area contributed by atoms with Gasteiger partial charge in [0.2, 0.25) is 15.9 Å². The fourth-order valence-electron chi connectivity index (χ4n) is 5.09. The summed E-state index contributed by atoms with van der Waals surface area (Å²) < 4.78 is 27.7. The van der Waals surface area contributed by atoms with Crippen LogP contribution in [0.5, 0.6) is 0 Å². The highest BCUT2D eigenvalue weighted by molar-refractivity contribution is 7.89. The third-order valence-electron chi connectivity index (χ3n) is 6.97. The molecule has 29 heavy (non-hydrogen) atoms. The SMILES string of the molecule is C[C@H]1CN(C)CC[C@H]1NC(=O)C1CCN(S(=O)(=O)c2ccc3c(c2)CCC3)CC1. The average molecular weight is 420 g/mol. The average Bonchev–Trinajstić information content (AvgIpc) is 3.18. The summed E-state index contributed by atoms with van der Waals surface area (Å²) in [7, 11) is -1.36. The van der Waals surface area contributed by atoms with Crippen molar-refractivity contribution in [2.24, 2.45) is 11.8 Å². The van der Waals surface area contributed by atoms with Crippen LogP contribution < -0.4 is 5.32 Å². The molecule has 4 rings (SSSR count). The normalized spacial score (nSPS) is 27.0. The molecular weight excluding hydrogens is 386 g/mol. The number of carbonyl (C=O) groups is 1. The number of hydrogen-bond acceptors (Lipinski definition) is 4. The Labute approximate surface area is 174 Å². The van der Waals surface area contributed by atoms with Gasteiger partial charge in [0, 0.05) is 31.6 Å². The molecule has 0 saturated carbocycles. The largest absolute Gasteiger partial charge is 0.353 e. The van der Waals surface area contributed by atoms with E-state index in [4.69, 9.17) is 0 Å². The van der Waals surface area contributed by atoms with E-state index in [-0.39, 0.29) is 17.9 Å². The second kappa shape index (κ2) is 8.36. The fourth-order valence-corrected chi connectivity index (χ4v) is 6.61. The van der Waals surface area contributed by atoms with Crippen LogP contribution in [-0.4, -0.2) is 62.8 Å². The number of sulfonamides is 1. The summed E-state index contributed by atoms with van der Waals surface area (Å²) in [5.41, 5.74) is 2.45. The third kappa shape index (κ3) is 4.37. The maximum absolute atomic E-state index is 13.1. The number of hydrogen-bond donors (Lipinski definition) is 1. The molecule has 1 aliphatic carbocycles. The van der Waals surface area contributed by atoms with Gasteiger partial charge in [0.05, 0.1) is 4.90 Å². The molecular formula is C22H33N3O3S. The van der Waals surface area contributed by atoms with E-state index in [2.05, 4.69) is 24.2 Å². The number of likely N-dealkylation sites (tertiary alicyclic amines) is 1. The number of nitrogens with one attached hydrogen (secondary N) is 1. The Balaban J connectivity index is 1.34. The van der Waals surface area contributed by atoms with Crippen LogP contribution in [0.3, 0.4) is 0 Å². The molecule has 0 radical (unpaired) electrons. The van der Waals surface area contributed by atoms with Gasteiger partial charge in [-0.1, -0.05) is 13.0 Å². The molecule has 1 N–H and O–H groups in total. The summed E-state index contributed by atoms with van der Waals surface area (Å²) in [6.45, 7) is 5.03. The van der Waals surface area contributed by atoms with Crippen molar-refractivity contribution >= 4 is 15.9 Å². The van der Waals surface area contributed by atoms with Crippen molar-refractivity contribution < 1.29 is 13.2 Å². The van der Waals surface area contributed by atoms with Crippen molar-refractivity contribution in [3.63, 3.8) is 0 Å². The van der Waals surface area contributed by atoms with Crippen LogP contribution >= 0.6 is 0 Å². The molecule has 0 bridgehead atoms. The lowest BCUT2D eigenvalue weighted by molar-refractivity contribution is -0.127. The van der Waals surface area contributed by atoms with Crippen molar-refractivity contribution in [2.45, 2.75) is 56.4 Å². The van der Waals surface area contributed by atoms with Crippen LogP contribution in [0.4, 0.5) is 0 Å². The fraction of sp³-hybridized carbons (Fsp3) is 0.682. The van der Waals surface area contributed by atoms with Crippen LogP contribution in [-0.2, 0) is 27.7 Å². The van der Waals surface area contributed by atoms with E-state index in [1.54, 1.807) is 10.4 Å². The topological polar surface area (TPSA) is 69.7 Å². The van der Waals surface area contributed by atoms with Gasteiger partial charge in [0.25, 0.3) is 0 Å². The number of piperidine rings is 2. The Morgan fingerprint density at radius 1 is 1.07 bits per heavy atom. The van der Waals surface area contributed by atoms with Crippen LogP contribution in [0.15, 0.2) is 23.1 Å². The van der Waals surface area contributed by atoms with Crippen LogP contribution in [0.2, 0.25) is 0 Å². The molecule has 3 aliphatic rings. The minimum atomic E-state index is -3.48. The first-order chi connectivity index (χ1) is 13.8. The minimum Gasteiger partial charge on any atom is -0.353 e. The molecule has 0 spiro atoms. The molecule has 2 atom stereocenters. The molecule has 2 heterocycles. The maximum atomic E-state index is 13.1. The number of fused-ring (bicyclic) bond motifs is 1. The number of aryl methyl sites for hydroxylation is 2. The van der Waals surface area contributed by atoms with E-state index < -0.39 is 10.0 Å². The zero-order valence-corrected chi connectivity index (χ0v) is 18.4. The Morgan fingerprint density at radius 2 is 1.79 bits per heavy atom. The van der Waals surface area contributed by atoms with Gasteiger partial charge in [-0.25, -0.2) is 8.42 Å². The second-order valence-electron chi connectivity index (χ2n) is 9.11. The Kier molecular flexibility index (Phi) is 6.00. The highest BCUT2D eigenvalue weighted by Crippen LogP contribution is 2.29. The summed E-state index contributed by atoms with van der Waals surface area (Å²) in [5.74, 6) is 0.451. The Morgan fingerprint density at radius 3 is 2.52 bits per heavy atom. The zero-order chi connectivity index (χ0) is 20.6. The molecule has 0 aromatic heterocycles. The summed E-state index contributed by atoms with van der Waals surface area (Å²) >= 11 is 0. The molecule has 1 amide bonds. The van der Waals surface area contributed by atoms with Gasteiger partial charge in [-0.2, -0.15) is 4.31 Å².